The summed E-state index contributed by atoms with van der Waals surface area (Å²) in [5.41, 5.74) is 2.30. The minimum absolute atomic E-state index is 0.261. The van der Waals surface area contributed by atoms with E-state index in [1.807, 2.05) is 19.2 Å². The maximum absolute atomic E-state index is 11.1. The lowest BCUT2D eigenvalue weighted by molar-refractivity contribution is 0.622. The van der Waals surface area contributed by atoms with Gasteiger partial charge >= 0.3 is 0 Å². The van der Waals surface area contributed by atoms with Crippen LogP contribution >= 0.6 is 0 Å². The SMILES string of the molecule is Cc1cccnc1CNCCC(C)S(C)=O. The zero-order valence-corrected chi connectivity index (χ0v) is 11.0. The van der Waals surface area contributed by atoms with Gasteiger partial charge in [-0.1, -0.05) is 13.0 Å². The van der Waals surface area contributed by atoms with Crippen LogP contribution in [0, 0.1) is 6.92 Å². The van der Waals surface area contributed by atoms with Crippen LogP contribution in [0.4, 0.5) is 0 Å². The van der Waals surface area contributed by atoms with Gasteiger partial charge in [-0.3, -0.25) is 9.19 Å². The Balaban J connectivity index is 2.26. The number of hydrogen-bond acceptors (Lipinski definition) is 3. The second kappa shape index (κ2) is 6.76. The van der Waals surface area contributed by atoms with E-state index in [1.165, 1.54) is 5.56 Å². The first-order valence-electron chi connectivity index (χ1n) is 5.54. The van der Waals surface area contributed by atoms with Crippen molar-refractivity contribution in [2.75, 3.05) is 12.8 Å². The molecule has 0 fully saturated rings. The van der Waals surface area contributed by atoms with Crippen LogP contribution in [0.3, 0.4) is 0 Å². The maximum Gasteiger partial charge on any atom is 0.0570 e. The standard InChI is InChI=1S/C12H20N2OS/c1-10-5-4-7-14-12(10)9-13-8-6-11(2)16(3)15/h4-5,7,11,13H,6,8-9H2,1-3H3. The number of nitrogens with zero attached hydrogens (tertiary/aromatic N) is 1. The summed E-state index contributed by atoms with van der Waals surface area (Å²) in [5.74, 6) is 0. The Labute approximate surface area is 100 Å². The lowest BCUT2D eigenvalue weighted by Gasteiger charge is -2.09. The quantitative estimate of drug-likeness (QED) is 0.769. The molecule has 0 aliphatic heterocycles. The number of pyridine rings is 1. The molecule has 0 saturated carbocycles. The van der Waals surface area contributed by atoms with Crippen LogP contribution in [0.1, 0.15) is 24.6 Å². The van der Waals surface area contributed by atoms with E-state index in [-0.39, 0.29) is 5.25 Å². The van der Waals surface area contributed by atoms with Gasteiger partial charge in [0.15, 0.2) is 0 Å². The third-order valence-electron chi connectivity index (χ3n) is 2.70. The zero-order chi connectivity index (χ0) is 12.0. The summed E-state index contributed by atoms with van der Waals surface area (Å²) in [6.07, 6.45) is 4.51. The van der Waals surface area contributed by atoms with Crippen molar-refractivity contribution >= 4 is 10.8 Å². The van der Waals surface area contributed by atoms with Crippen molar-refractivity contribution in [2.45, 2.75) is 32.1 Å². The average Bonchev–Trinajstić information content (AvgIpc) is 2.26. The van der Waals surface area contributed by atoms with Gasteiger partial charge in [-0.15, -0.1) is 0 Å². The van der Waals surface area contributed by atoms with Crippen LogP contribution in [-0.2, 0) is 17.3 Å². The molecule has 2 atom stereocenters. The molecule has 0 aromatic carbocycles. The van der Waals surface area contributed by atoms with Crippen LogP contribution in [0.2, 0.25) is 0 Å². The first-order valence-corrected chi connectivity index (χ1v) is 7.17. The Morgan fingerprint density at radius 1 is 1.56 bits per heavy atom. The molecule has 0 radical (unpaired) electrons. The topological polar surface area (TPSA) is 42.0 Å². The molecule has 1 rings (SSSR count). The maximum atomic E-state index is 11.1. The Morgan fingerprint density at radius 2 is 2.31 bits per heavy atom. The molecule has 0 bridgehead atoms. The Hall–Kier alpha value is -0.740. The summed E-state index contributed by atoms with van der Waals surface area (Å²) in [5, 5.41) is 3.59. The molecule has 0 saturated heterocycles. The fourth-order valence-electron chi connectivity index (χ4n) is 1.38. The molecular weight excluding hydrogens is 220 g/mol. The molecular formula is C12H20N2OS. The van der Waals surface area contributed by atoms with Crippen molar-refractivity contribution in [3.63, 3.8) is 0 Å². The second-order valence-corrected chi connectivity index (χ2v) is 5.84. The van der Waals surface area contributed by atoms with Gasteiger partial charge in [-0.05, 0) is 31.5 Å². The first kappa shape index (κ1) is 13.3. The number of hydrogen-bond donors (Lipinski definition) is 1. The molecule has 0 aliphatic rings. The summed E-state index contributed by atoms with van der Waals surface area (Å²) >= 11 is 0. The Kier molecular flexibility index (Phi) is 5.63. The van der Waals surface area contributed by atoms with E-state index in [0.29, 0.717) is 0 Å². The molecule has 0 aliphatic carbocycles. The van der Waals surface area contributed by atoms with Crippen LogP contribution in [0.25, 0.3) is 0 Å². The van der Waals surface area contributed by atoms with E-state index < -0.39 is 10.8 Å². The van der Waals surface area contributed by atoms with E-state index >= 15 is 0 Å². The van der Waals surface area contributed by atoms with Gasteiger partial charge in [-0.2, -0.15) is 0 Å². The van der Waals surface area contributed by atoms with Crippen molar-refractivity contribution < 1.29 is 4.21 Å². The smallest absolute Gasteiger partial charge is 0.0570 e. The van der Waals surface area contributed by atoms with E-state index in [1.54, 1.807) is 6.26 Å². The Bertz CT molecular complexity index is 355. The highest BCUT2D eigenvalue weighted by Gasteiger charge is 2.05. The minimum atomic E-state index is -0.718. The number of aromatic nitrogens is 1. The molecule has 4 heteroatoms. The number of nitrogens with one attached hydrogen (secondary N) is 1. The normalized spacial score (nSPS) is 14.7. The summed E-state index contributed by atoms with van der Waals surface area (Å²) in [6, 6.07) is 4.01. The van der Waals surface area contributed by atoms with E-state index in [9.17, 15) is 4.21 Å². The lowest BCUT2D eigenvalue weighted by Crippen LogP contribution is -2.21. The van der Waals surface area contributed by atoms with Gasteiger partial charge in [0.05, 0.1) is 5.69 Å². The largest absolute Gasteiger partial charge is 0.311 e. The third-order valence-corrected chi connectivity index (χ3v) is 4.07. The predicted molar refractivity (Wildman–Crippen MR) is 68.8 cm³/mol. The molecule has 0 amide bonds. The highest BCUT2D eigenvalue weighted by Crippen LogP contribution is 2.03. The van der Waals surface area contributed by atoms with Crippen LogP contribution < -0.4 is 5.32 Å². The minimum Gasteiger partial charge on any atom is -0.311 e. The van der Waals surface area contributed by atoms with Crippen LogP contribution in [-0.4, -0.2) is 27.2 Å². The average molecular weight is 240 g/mol. The van der Waals surface area contributed by atoms with Crippen molar-refractivity contribution in [1.82, 2.24) is 10.3 Å². The van der Waals surface area contributed by atoms with Crippen LogP contribution in [0.5, 0.6) is 0 Å². The van der Waals surface area contributed by atoms with Crippen molar-refractivity contribution in [3.8, 4) is 0 Å². The molecule has 2 unspecified atom stereocenters. The Morgan fingerprint density at radius 3 is 2.94 bits per heavy atom. The fraction of sp³-hybridized carbons (Fsp3) is 0.583. The predicted octanol–water partition coefficient (Wildman–Crippen LogP) is 1.64. The lowest BCUT2D eigenvalue weighted by atomic mass is 10.2. The monoisotopic (exact) mass is 240 g/mol. The van der Waals surface area contributed by atoms with Gasteiger partial charge in [-0.25, -0.2) is 0 Å². The number of rotatable bonds is 6. The highest BCUT2D eigenvalue weighted by molar-refractivity contribution is 7.84. The molecule has 16 heavy (non-hydrogen) atoms. The van der Waals surface area contributed by atoms with Gasteiger partial charge < -0.3 is 5.32 Å². The summed E-state index contributed by atoms with van der Waals surface area (Å²) < 4.78 is 11.1. The highest BCUT2D eigenvalue weighted by atomic mass is 32.2. The zero-order valence-electron chi connectivity index (χ0n) is 10.2. The first-order chi connectivity index (χ1) is 7.61. The van der Waals surface area contributed by atoms with E-state index in [4.69, 9.17) is 0 Å². The van der Waals surface area contributed by atoms with E-state index in [0.717, 1.165) is 25.2 Å². The van der Waals surface area contributed by atoms with Crippen LogP contribution in [0.15, 0.2) is 18.3 Å². The molecule has 1 aromatic rings. The number of aryl methyl sites for hydroxylation is 1. The van der Waals surface area contributed by atoms with Crippen molar-refractivity contribution in [1.29, 1.82) is 0 Å². The molecule has 0 spiro atoms. The van der Waals surface area contributed by atoms with E-state index in [2.05, 4.69) is 23.3 Å². The molecule has 1 heterocycles. The third kappa shape index (κ3) is 4.41. The summed E-state index contributed by atoms with van der Waals surface area (Å²) in [7, 11) is -0.718. The van der Waals surface area contributed by atoms with Crippen molar-refractivity contribution in [2.24, 2.45) is 0 Å². The molecule has 3 nitrogen and oxygen atoms in total. The van der Waals surface area contributed by atoms with Crippen molar-refractivity contribution in [3.05, 3.63) is 29.6 Å². The van der Waals surface area contributed by atoms with Gasteiger partial charge in [0.25, 0.3) is 0 Å². The molecule has 1 N–H and O–H groups in total. The van der Waals surface area contributed by atoms with Gasteiger partial charge in [0.1, 0.15) is 0 Å². The summed E-state index contributed by atoms with van der Waals surface area (Å²) in [4.78, 5) is 4.31. The molecule has 1 aromatic heterocycles. The fourth-order valence-corrected chi connectivity index (χ4v) is 1.83. The second-order valence-electron chi connectivity index (χ2n) is 4.04. The van der Waals surface area contributed by atoms with Gasteiger partial charge in [0.2, 0.25) is 0 Å². The van der Waals surface area contributed by atoms with Gasteiger partial charge in [0, 0.05) is 35.0 Å². The summed E-state index contributed by atoms with van der Waals surface area (Å²) in [6.45, 7) is 5.75. The molecule has 90 valence electrons.